The van der Waals surface area contributed by atoms with Gasteiger partial charge >= 0.3 is 24.7 Å². The number of ether oxygens (including phenoxy) is 4. The van der Waals surface area contributed by atoms with Crippen LogP contribution in [0.15, 0.2) is 110 Å². The molecule has 0 heterocycles. The van der Waals surface area contributed by atoms with Crippen molar-refractivity contribution in [2.75, 3.05) is 0 Å². The smallest absolute Gasteiger partial charge is 0.411 e. The van der Waals surface area contributed by atoms with Crippen molar-refractivity contribution in [3.05, 3.63) is 248 Å². The van der Waals surface area contributed by atoms with E-state index in [-0.39, 0.29) is 97.1 Å². The van der Waals surface area contributed by atoms with Crippen molar-refractivity contribution in [3.63, 3.8) is 0 Å². The summed E-state index contributed by atoms with van der Waals surface area (Å²) in [5.41, 5.74) is -25.7. The number of carbonyl (C=O) groups is 1. The molecule has 8 aromatic carbocycles. The molecule has 0 aliphatic carbocycles. The van der Waals surface area contributed by atoms with Gasteiger partial charge in [0.2, 0.25) is 86.1 Å². The summed E-state index contributed by atoms with van der Waals surface area (Å²) in [6, 6.07) is 1.02. The molecule has 0 saturated heterocycles. The maximum absolute atomic E-state index is 15.6. The van der Waals surface area contributed by atoms with Crippen LogP contribution >= 0.6 is 0 Å². The molecule has 0 amide bonds. The number of alkyl halides is 12. The largest absolute Gasteiger partial charge is 0.451 e. The quantitative estimate of drug-likeness (QED) is 0.0548. The highest BCUT2D eigenvalue weighted by atomic mass is 19.4. The summed E-state index contributed by atoms with van der Waals surface area (Å²) in [7, 11) is 0. The van der Waals surface area contributed by atoms with Crippen molar-refractivity contribution in [1.29, 1.82) is 0 Å². The summed E-state index contributed by atoms with van der Waals surface area (Å²) in [6.07, 6.45) is -25.1. The number of ketones is 1. The first-order valence-electron chi connectivity index (χ1n) is 24.3. The molecule has 92 heavy (non-hydrogen) atoms. The lowest BCUT2D eigenvalue weighted by molar-refractivity contribution is -0.290. The lowest BCUT2D eigenvalue weighted by Crippen LogP contribution is -2.54. The summed E-state index contributed by atoms with van der Waals surface area (Å²) in [6.45, 7) is 5.89. The Morgan fingerprint density at radius 3 is 0.587 bits per heavy atom. The number of hydrogen-bond donors (Lipinski definition) is 0. The number of hydrogen-bond acceptors (Lipinski definition) is 5. The number of rotatable bonds is 16. The Labute approximate surface area is 493 Å². The summed E-state index contributed by atoms with van der Waals surface area (Å²) in [5, 5.41) is 0. The lowest BCUT2D eigenvalue weighted by Gasteiger charge is -2.38. The fourth-order valence-electron chi connectivity index (χ4n) is 9.25. The van der Waals surface area contributed by atoms with Crippen LogP contribution in [0.25, 0.3) is 12.2 Å². The van der Waals surface area contributed by atoms with Crippen molar-refractivity contribution in [2.45, 2.75) is 35.5 Å². The Morgan fingerprint density at radius 1 is 0.272 bits per heavy atom. The topological polar surface area (TPSA) is 54.0 Å². The van der Waals surface area contributed by atoms with Crippen LogP contribution in [0, 0.1) is 93.1 Å². The van der Waals surface area contributed by atoms with Gasteiger partial charge in [-0.3, -0.25) is 4.79 Å². The van der Waals surface area contributed by atoms with E-state index in [4.69, 9.17) is 0 Å². The summed E-state index contributed by atoms with van der Waals surface area (Å²) >= 11 is 0. The maximum atomic E-state index is 15.6. The van der Waals surface area contributed by atoms with E-state index in [2.05, 4.69) is 32.1 Å². The first kappa shape index (κ1) is 68.1. The van der Waals surface area contributed by atoms with Gasteiger partial charge in [0.05, 0.1) is 11.1 Å². The molecule has 484 valence electrons. The average molecular weight is 1340 g/mol. The molecule has 8 rings (SSSR count). The second-order valence-electron chi connectivity index (χ2n) is 18.7. The average Bonchev–Trinajstić information content (AvgIpc) is 0.724. The zero-order chi connectivity index (χ0) is 68.6. The van der Waals surface area contributed by atoms with Crippen molar-refractivity contribution in [1.82, 2.24) is 0 Å². The van der Waals surface area contributed by atoms with Crippen LogP contribution < -0.4 is 18.9 Å². The van der Waals surface area contributed by atoms with Crippen LogP contribution in [0.3, 0.4) is 0 Å². The molecule has 0 fully saturated rings. The molecule has 0 saturated carbocycles. The van der Waals surface area contributed by atoms with Gasteiger partial charge in [0, 0.05) is 0 Å². The van der Waals surface area contributed by atoms with E-state index in [9.17, 15) is 92.6 Å². The van der Waals surface area contributed by atoms with Gasteiger partial charge in [0.25, 0.3) is 0 Å². The van der Waals surface area contributed by atoms with Crippen molar-refractivity contribution >= 4 is 17.9 Å². The molecule has 0 aliphatic rings. The minimum atomic E-state index is -6.45. The Balaban J connectivity index is 1.06. The van der Waals surface area contributed by atoms with Crippen LogP contribution in [-0.4, -0.2) is 30.5 Å². The normalized spacial score (nSPS) is 12.5. The number of halogens is 28. The van der Waals surface area contributed by atoms with Crippen molar-refractivity contribution in [2.24, 2.45) is 0 Å². The van der Waals surface area contributed by atoms with Gasteiger partial charge in [-0.25, -0.2) is 35.1 Å². The van der Waals surface area contributed by atoms with E-state index in [0.29, 0.717) is 12.2 Å². The molecule has 0 aromatic heterocycles. The highest BCUT2D eigenvalue weighted by Crippen LogP contribution is 2.59. The molecule has 0 atom stereocenters. The third kappa shape index (κ3) is 10.9. The van der Waals surface area contributed by atoms with E-state index in [1.54, 1.807) is 0 Å². The van der Waals surface area contributed by atoms with E-state index in [1.807, 2.05) is 0 Å². The summed E-state index contributed by atoms with van der Waals surface area (Å²) in [5.74, 6) is -57.0. The predicted octanol–water partition coefficient (Wildman–Crippen LogP) is 20.4. The molecule has 0 unspecified atom stereocenters. The Bertz CT molecular complexity index is 3850. The first-order chi connectivity index (χ1) is 42.7. The van der Waals surface area contributed by atoms with Gasteiger partial charge in [0.15, 0.2) is 46.5 Å². The van der Waals surface area contributed by atoms with Crippen molar-refractivity contribution < 1.29 is 147 Å². The third-order valence-corrected chi connectivity index (χ3v) is 13.6. The van der Waals surface area contributed by atoms with Crippen LogP contribution in [0.4, 0.5) is 123 Å². The van der Waals surface area contributed by atoms with Gasteiger partial charge in [0.1, 0.15) is 34.1 Å². The molecular formula is C59H22F28O5. The van der Waals surface area contributed by atoms with Crippen LogP contribution in [0.2, 0.25) is 0 Å². The third-order valence-electron chi connectivity index (χ3n) is 13.6. The van der Waals surface area contributed by atoms with Gasteiger partial charge in [-0.1, -0.05) is 73.8 Å². The molecule has 0 spiro atoms. The first-order valence-corrected chi connectivity index (χ1v) is 24.3. The van der Waals surface area contributed by atoms with Gasteiger partial charge in [-0.2, -0.15) is 87.8 Å². The van der Waals surface area contributed by atoms with E-state index in [1.165, 1.54) is 0 Å². The van der Waals surface area contributed by atoms with E-state index in [0.717, 1.165) is 0 Å². The second-order valence-corrected chi connectivity index (χ2v) is 18.7. The van der Waals surface area contributed by atoms with Crippen LogP contribution in [0.1, 0.15) is 49.3 Å². The fraction of sp³-hybridized carbons (Fsp3) is 0.102. The van der Waals surface area contributed by atoms with Gasteiger partial charge in [-0.05, 0) is 70.8 Å². The number of carbonyl (C=O) groups excluding carboxylic acids is 1. The molecule has 5 nitrogen and oxygen atoms in total. The maximum Gasteiger partial charge on any atom is 0.411 e. The van der Waals surface area contributed by atoms with Crippen LogP contribution in [-0.2, 0) is 10.8 Å². The summed E-state index contributed by atoms with van der Waals surface area (Å²) in [4.78, 5) is 13.2. The predicted molar refractivity (Wildman–Crippen MR) is 261 cm³/mol. The minimum absolute atomic E-state index is 0.0284. The molecule has 0 aliphatic heterocycles. The molecule has 0 bridgehead atoms. The highest BCUT2D eigenvalue weighted by Gasteiger charge is 2.74. The standard InChI is InChI=1S/C59H22F28O5/c1-3-29-33(60)41(68)50(42(69)34(29)61)89-25-13-5-21(6-14-25)54(56(76,77)78,57(79,80)81)23-9-17-27(18-10-23)91-52-45(72)37(64)31(38(65)46(52)73)49(88)32-39(66)47(74)53(48(75)40(32)67)92-28-19-11-24(12-20-28)55(58(82,83)84,59(85,86)87)22-7-15-26(16-8-22)90-51-43(70)35(62)30(4-2)36(63)44(51)71/h3-20H,1-2H2. The SMILES string of the molecule is C=Cc1c(F)c(F)c(Oc2ccc(C(c3ccc(Oc4c(F)c(F)c(C(=O)c5c(F)c(F)c(Oc6ccc(C(c7ccc(Oc8c(F)c(F)c(C=C)c(F)c8F)cc7)(C(F)(F)F)C(F)(F)F)cc6)c(F)c5F)c(F)c4F)cc3)(C(F)(F)F)C(F)(F)F)cc2)c(F)c1F. The second kappa shape index (κ2) is 24.1. The van der Waals surface area contributed by atoms with E-state index >= 15 is 35.1 Å². The Kier molecular flexibility index (Phi) is 17.8. The number of benzene rings is 8. The van der Waals surface area contributed by atoms with Crippen LogP contribution in [0.5, 0.6) is 46.0 Å². The summed E-state index contributed by atoms with van der Waals surface area (Å²) < 4.78 is 437. The fourth-order valence-corrected chi connectivity index (χ4v) is 9.25. The minimum Gasteiger partial charge on any atom is -0.451 e. The highest BCUT2D eigenvalue weighted by molar-refractivity contribution is 6.10. The van der Waals surface area contributed by atoms with Gasteiger partial charge in [-0.15, -0.1) is 0 Å². The monoisotopic (exact) mass is 1340 g/mol. The lowest BCUT2D eigenvalue weighted by atomic mass is 9.73. The molecule has 0 N–H and O–H groups in total. The zero-order valence-electron chi connectivity index (χ0n) is 43.9. The molecule has 33 heteroatoms. The Hall–Kier alpha value is -9.85. The van der Waals surface area contributed by atoms with E-state index < -0.39 is 225 Å². The molecule has 0 radical (unpaired) electrons. The molecular weight excluding hydrogens is 1320 g/mol. The van der Waals surface area contributed by atoms with Crippen molar-refractivity contribution in [3.8, 4) is 46.0 Å². The van der Waals surface area contributed by atoms with Gasteiger partial charge < -0.3 is 18.9 Å². The Morgan fingerprint density at radius 2 is 0.435 bits per heavy atom. The zero-order valence-corrected chi connectivity index (χ0v) is 43.9. The molecule has 8 aromatic rings.